The van der Waals surface area contributed by atoms with E-state index in [2.05, 4.69) is 35.1 Å². The first-order valence-corrected chi connectivity index (χ1v) is 14.1. The monoisotopic (exact) mass is 578 g/mol. The summed E-state index contributed by atoms with van der Waals surface area (Å²) in [7, 11) is 0. The number of nitrogens with one attached hydrogen (secondary N) is 1. The van der Waals surface area contributed by atoms with E-state index in [1.54, 1.807) is 4.90 Å². The molecule has 1 N–H and O–H groups in total. The molecule has 38 heavy (non-hydrogen) atoms. The zero-order valence-corrected chi connectivity index (χ0v) is 24.6. The summed E-state index contributed by atoms with van der Waals surface area (Å²) < 4.78 is 6.80. The number of hydrogen-bond acceptors (Lipinski definition) is 3. The van der Waals surface area contributed by atoms with Crippen LogP contribution in [-0.4, -0.2) is 35.4 Å². The Labute approximate surface area is 235 Å². The lowest BCUT2D eigenvalue weighted by molar-refractivity contribution is -0.143. The maximum absolute atomic E-state index is 13.8. The number of amides is 2. The van der Waals surface area contributed by atoms with Gasteiger partial charge < -0.3 is 15.0 Å². The van der Waals surface area contributed by atoms with Crippen LogP contribution in [0.2, 0.25) is 0 Å². The Bertz CT molecular complexity index is 1210. The molecule has 0 aliphatic carbocycles. The van der Waals surface area contributed by atoms with Crippen molar-refractivity contribution in [2.75, 3.05) is 6.61 Å². The minimum absolute atomic E-state index is 0.00265. The smallest absolute Gasteiger partial charge is 0.261 e. The second-order valence-corrected chi connectivity index (χ2v) is 11.0. The highest BCUT2D eigenvalue weighted by Gasteiger charge is 2.31. The molecular weight excluding hydrogens is 540 g/mol. The Hall–Kier alpha value is -3.12. The number of aryl methyl sites for hydroxylation is 1. The van der Waals surface area contributed by atoms with Gasteiger partial charge in [-0.3, -0.25) is 9.59 Å². The summed E-state index contributed by atoms with van der Waals surface area (Å²) in [5, 5.41) is 3.10. The molecule has 202 valence electrons. The summed E-state index contributed by atoms with van der Waals surface area (Å²) in [5.41, 5.74) is 4.24. The van der Waals surface area contributed by atoms with Gasteiger partial charge in [-0.2, -0.15) is 0 Å². The molecule has 2 atom stereocenters. The minimum atomic E-state index is -0.686. The Morgan fingerprint density at radius 3 is 2.29 bits per heavy atom. The summed E-state index contributed by atoms with van der Waals surface area (Å²) >= 11 is 3.58. The van der Waals surface area contributed by atoms with Crippen molar-refractivity contribution in [3.63, 3.8) is 0 Å². The van der Waals surface area contributed by atoms with Crippen molar-refractivity contribution in [1.29, 1.82) is 0 Å². The number of halogens is 1. The first kappa shape index (κ1) is 29.4. The van der Waals surface area contributed by atoms with Gasteiger partial charge in [0, 0.05) is 19.0 Å². The molecule has 6 heteroatoms. The number of hydrogen-bond donors (Lipinski definition) is 1. The van der Waals surface area contributed by atoms with E-state index in [1.807, 2.05) is 93.6 Å². The van der Waals surface area contributed by atoms with E-state index < -0.39 is 6.04 Å². The Morgan fingerprint density at radius 1 is 0.974 bits per heavy atom. The summed E-state index contributed by atoms with van der Waals surface area (Å²) in [5.74, 6) is 0.581. The van der Waals surface area contributed by atoms with Crippen molar-refractivity contribution in [3.05, 3.63) is 99.5 Å². The van der Waals surface area contributed by atoms with Crippen molar-refractivity contribution in [1.82, 2.24) is 10.2 Å². The quantitative estimate of drug-likeness (QED) is 0.256. The van der Waals surface area contributed by atoms with Gasteiger partial charge in [0.05, 0.1) is 4.47 Å². The Morgan fingerprint density at radius 2 is 1.66 bits per heavy atom. The second-order valence-electron chi connectivity index (χ2n) is 10.1. The minimum Gasteiger partial charge on any atom is -0.483 e. The third-order valence-corrected chi connectivity index (χ3v) is 7.47. The number of carbonyl (C=O) groups is 2. The highest BCUT2D eigenvalue weighted by Crippen LogP contribution is 2.29. The van der Waals surface area contributed by atoms with Gasteiger partial charge in [-0.25, -0.2) is 0 Å². The third-order valence-electron chi connectivity index (χ3n) is 6.85. The fourth-order valence-electron chi connectivity index (χ4n) is 4.18. The molecule has 3 aromatic rings. The van der Waals surface area contributed by atoms with Gasteiger partial charge in [0.15, 0.2) is 6.61 Å². The van der Waals surface area contributed by atoms with Gasteiger partial charge in [0.1, 0.15) is 11.8 Å². The van der Waals surface area contributed by atoms with Gasteiger partial charge >= 0.3 is 0 Å². The van der Waals surface area contributed by atoms with E-state index in [0.29, 0.717) is 24.6 Å². The number of ether oxygens (including phenoxy) is 1. The van der Waals surface area contributed by atoms with Gasteiger partial charge in [0.2, 0.25) is 5.91 Å². The van der Waals surface area contributed by atoms with Gasteiger partial charge in [0.25, 0.3) is 5.91 Å². The second kappa shape index (κ2) is 14.1. The van der Waals surface area contributed by atoms with Crippen LogP contribution in [0.15, 0.2) is 77.3 Å². The molecule has 3 rings (SSSR count). The fraction of sp³-hybridized carbons (Fsp3) is 0.375. The van der Waals surface area contributed by atoms with Crippen LogP contribution < -0.4 is 10.1 Å². The average Bonchev–Trinajstić information content (AvgIpc) is 2.91. The molecule has 0 bridgehead atoms. The predicted molar refractivity (Wildman–Crippen MR) is 157 cm³/mol. The molecular formula is C32H39BrN2O3. The van der Waals surface area contributed by atoms with Crippen LogP contribution in [0.5, 0.6) is 5.75 Å². The summed E-state index contributed by atoms with van der Waals surface area (Å²) in [6.45, 7) is 10.4. The summed E-state index contributed by atoms with van der Waals surface area (Å²) in [6, 6.07) is 23.0. The lowest BCUT2D eigenvalue weighted by atomic mass is 10.0. The normalized spacial score (nSPS) is 12.6. The molecule has 0 heterocycles. The molecule has 0 fully saturated rings. The van der Waals surface area contributed by atoms with Crippen molar-refractivity contribution in [2.24, 2.45) is 0 Å². The zero-order valence-electron chi connectivity index (χ0n) is 23.0. The Kier molecular flexibility index (Phi) is 11.0. The SMILES string of the molecule is CC[C@@H](C)NC(=O)[C@@H](Cc1ccccc1)N(Cc1ccccc1C)C(=O)COc1ccc(C(C)C)cc1Br. The highest BCUT2D eigenvalue weighted by molar-refractivity contribution is 9.10. The fourth-order valence-corrected chi connectivity index (χ4v) is 4.69. The van der Waals surface area contributed by atoms with Crippen LogP contribution in [0.1, 0.15) is 62.3 Å². The van der Waals surface area contributed by atoms with Crippen molar-refractivity contribution in [2.45, 2.75) is 72.0 Å². The number of carbonyl (C=O) groups excluding carboxylic acids is 2. The van der Waals surface area contributed by atoms with Crippen molar-refractivity contribution in [3.8, 4) is 5.75 Å². The standard InChI is InChI=1S/C32H39BrN2O3/c1-6-24(5)34-32(37)29(18-25-13-8-7-9-14-25)35(20-27-15-11-10-12-23(27)4)31(36)21-38-30-17-16-26(22(2)3)19-28(30)33/h7-17,19,22,24,29H,6,18,20-21H2,1-5H3,(H,34,37)/t24-,29-/m1/s1. The summed E-state index contributed by atoms with van der Waals surface area (Å²) in [6.07, 6.45) is 1.21. The van der Waals surface area contributed by atoms with Crippen LogP contribution in [0.4, 0.5) is 0 Å². The van der Waals surface area contributed by atoms with Crippen LogP contribution in [0.3, 0.4) is 0 Å². The van der Waals surface area contributed by atoms with E-state index >= 15 is 0 Å². The molecule has 5 nitrogen and oxygen atoms in total. The molecule has 0 saturated carbocycles. The maximum atomic E-state index is 13.8. The first-order valence-electron chi connectivity index (χ1n) is 13.3. The van der Waals surface area contributed by atoms with Gasteiger partial charge in [-0.15, -0.1) is 0 Å². The molecule has 3 aromatic carbocycles. The van der Waals surface area contributed by atoms with Crippen LogP contribution in [0.25, 0.3) is 0 Å². The first-order chi connectivity index (χ1) is 18.2. The molecule has 0 saturated heterocycles. The molecule has 0 unspecified atom stereocenters. The third kappa shape index (κ3) is 8.19. The largest absolute Gasteiger partial charge is 0.483 e. The van der Waals surface area contributed by atoms with Crippen LogP contribution in [-0.2, 0) is 22.6 Å². The van der Waals surface area contributed by atoms with E-state index in [9.17, 15) is 9.59 Å². The molecule has 0 aliphatic heterocycles. The molecule has 0 aromatic heterocycles. The molecule has 0 radical (unpaired) electrons. The lowest BCUT2D eigenvalue weighted by Gasteiger charge is -2.32. The zero-order chi connectivity index (χ0) is 27.7. The number of benzene rings is 3. The van der Waals surface area contributed by atoms with Crippen LogP contribution in [0, 0.1) is 6.92 Å². The molecule has 0 aliphatic rings. The van der Waals surface area contributed by atoms with Gasteiger partial charge in [-0.1, -0.05) is 81.4 Å². The van der Waals surface area contributed by atoms with E-state index in [4.69, 9.17) is 4.74 Å². The van der Waals surface area contributed by atoms with E-state index in [-0.39, 0.29) is 24.5 Å². The number of rotatable bonds is 12. The van der Waals surface area contributed by atoms with E-state index in [1.165, 1.54) is 5.56 Å². The van der Waals surface area contributed by atoms with Gasteiger partial charge in [-0.05, 0) is 76.5 Å². The number of nitrogens with zero attached hydrogens (tertiary/aromatic N) is 1. The van der Waals surface area contributed by atoms with Crippen molar-refractivity contribution >= 4 is 27.7 Å². The maximum Gasteiger partial charge on any atom is 0.261 e. The average molecular weight is 580 g/mol. The van der Waals surface area contributed by atoms with Crippen molar-refractivity contribution < 1.29 is 14.3 Å². The summed E-state index contributed by atoms with van der Waals surface area (Å²) in [4.78, 5) is 29.1. The van der Waals surface area contributed by atoms with E-state index in [0.717, 1.165) is 27.6 Å². The van der Waals surface area contributed by atoms with Crippen LogP contribution >= 0.6 is 15.9 Å². The molecule has 0 spiro atoms. The Balaban J connectivity index is 1.92. The lowest BCUT2D eigenvalue weighted by Crippen LogP contribution is -2.53. The highest BCUT2D eigenvalue weighted by atomic mass is 79.9. The molecule has 2 amide bonds. The topological polar surface area (TPSA) is 58.6 Å². The predicted octanol–water partition coefficient (Wildman–Crippen LogP) is 6.81.